The highest BCUT2D eigenvalue weighted by Crippen LogP contribution is 2.29. The van der Waals surface area contributed by atoms with E-state index in [9.17, 15) is 0 Å². The molecule has 2 aliphatic rings. The molecule has 1 N–H and O–H groups in total. The van der Waals surface area contributed by atoms with Crippen LogP contribution in [0.5, 0.6) is 0 Å². The van der Waals surface area contributed by atoms with Crippen molar-refractivity contribution in [2.24, 2.45) is 0 Å². The van der Waals surface area contributed by atoms with E-state index in [-0.39, 0.29) is 0 Å². The van der Waals surface area contributed by atoms with Gasteiger partial charge in [-0.05, 0) is 46.3 Å². The highest BCUT2D eigenvalue weighted by atomic mass is 15.2. The van der Waals surface area contributed by atoms with E-state index in [1.165, 1.54) is 45.3 Å². The van der Waals surface area contributed by atoms with Gasteiger partial charge in [0, 0.05) is 31.2 Å². The van der Waals surface area contributed by atoms with Crippen LogP contribution in [0.2, 0.25) is 0 Å². The Hall–Kier alpha value is -0.120. The van der Waals surface area contributed by atoms with Crippen molar-refractivity contribution in [1.82, 2.24) is 15.1 Å². The first-order valence-electron chi connectivity index (χ1n) is 6.84. The van der Waals surface area contributed by atoms with Crippen molar-refractivity contribution in [2.45, 2.75) is 50.7 Å². The Bertz CT molecular complexity index is 205. The van der Waals surface area contributed by atoms with E-state index in [4.69, 9.17) is 0 Å². The number of hydrogen-bond acceptors (Lipinski definition) is 3. The summed E-state index contributed by atoms with van der Waals surface area (Å²) in [7, 11) is 4.33. The third kappa shape index (κ3) is 2.96. The first-order chi connectivity index (χ1) is 7.69. The molecule has 0 radical (unpaired) electrons. The van der Waals surface area contributed by atoms with Crippen molar-refractivity contribution in [3.8, 4) is 0 Å². The average Bonchev–Trinajstić information content (AvgIpc) is 2.58. The standard InChI is InChI=1S/C13H27N3/c1-4-16(8-7-15(2)3)13-9-11-5-6-12(10-13)14-11/h11-14H,4-10H2,1-3H3. The van der Waals surface area contributed by atoms with Gasteiger partial charge in [0.2, 0.25) is 0 Å². The number of fused-ring (bicyclic) bond motifs is 2. The first-order valence-corrected chi connectivity index (χ1v) is 6.84. The number of hydrogen-bond donors (Lipinski definition) is 1. The minimum atomic E-state index is 0.817. The Morgan fingerprint density at radius 2 is 1.69 bits per heavy atom. The molecular weight excluding hydrogens is 198 g/mol. The summed E-state index contributed by atoms with van der Waals surface area (Å²) >= 11 is 0. The van der Waals surface area contributed by atoms with Crippen LogP contribution in [-0.2, 0) is 0 Å². The molecule has 2 heterocycles. The topological polar surface area (TPSA) is 18.5 Å². The predicted octanol–water partition coefficient (Wildman–Crippen LogP) is 1.15. The predicted molar refractivity (Wildman–Crippen MR) is 68.8 cm³/mol. The zero-order valence-corrected chi connectivity index (χ0v) is 11.1. The largest absolute Gasteiger partial charge is 0.311 e. The Kier molecular flexibility index (Phi) is 4.22. The molecule has 2 bridgehead atoms. The van der Waals surface area contributed by atoms with Gasteiger partial charge in [0.05, 0.1) is 0 Å². The molecular formula is C13H27N3. The van der Waals surface area contributed by atoms with E-state index >= 15 is 0 Å². The van der Waals surface area contributed by atoms with Crippen LogP contribution in [-0.4, -0.2) is 61.7 Å². The Morgan fingerprint density at radius 3 is 2.19 bits per heavy atom. The van der Waals surface area contributed by atoms with Gasteiger partial charge in [-0.1, -0.05) is 6.92 Å². The fourth-order valence-electron chi connectivity index (χ4n) is 3.25. The fourth-order valence-corrected chi connectivity index (χ4v) is 3.25. The summed E-state index contributed by atoms with van der Waals surface area (Å²) < 4.78 is 0. The van der Waals surface area contributed by atoms with E-state index < -0.39 is 0 Å². The molecule has 2 unspecified atom stereocenters. The van der Waals surface area contributed by atoms with Crippen LogP contribution >= 0.6 is 0 Å². The SMILES string of the molecule is CCN(CCN(C)C)C1CC2CCC(C1)N2. The molecule has 0 aromatic rings. The lowest BCUT2D eigenvalue weighted by molar-refractivity contribution is 0.137. The van der Waals surface area contributed by atoms with E-state index in [0.29, 0.717) is 0 Å². The van der Waals surface area contributed by atoms with Crippen molar-refractivity contribution in [3.05, 3.63) is 0 Å². The summed E-state index contributed by atoms with van der Waals surface area (Å²) in [6.07, 6.45) is 5.56. The van der Waals surface area contributed by atoms with Gasteiger partial charge in [0.1, 0.15) is 0 Å². The Balaban J connectivity index is 1.84. The Labute approximate surface area is 100 Å². The fraction of sp³-hybridized carbons (Fsp3) is 1.00. The lowest BCUT2D eigenvalue weighted by Crippen LogP contribution is -2.49. The van der Waals surface area contributed by atoms with Crippen LogP contribution in [0.15, 0.2) is 0 Å². The molecule has 2 fully saturated rings. The van der Waals surface area contributed by atoms with Gasteiger partial charge < -0.3 is 10.2 Å². The molecule has 94 valence electrons. The summed E-state index contributed by atoms with van der Waals surface area (Å²) in [5, 5.41) is 3.73. The third-order valence-electron chi connectivity index (χ3n) is 4.21. The van der Waals surface area contributed by atoms with Crippen molar-refractivity contribution in [1.29, 1.82) is 0 Å². The lowest BCUT2D eigenvalue weighted by atomic mass is 9.98. The van der Waals surface area contributed by atoms with Gasteiger partial charge in [-0.2, -0.15) is 0 Å². The molecule has 0 spiro atoms. The second-order valence-corrected chi connectivity index (χ2v) is 5.69. The maximum atomic E-state index is 3.73. The van der Waals surface area contributed by atoms with Gasteiger partial charge in [0.15, 0.2) is 0 Å². The summed E-state index contributed by atoms with van der Waals surface area (Å²) in [4.78, 5) is 4.98. The number of likely N-dealkylation sites (N-methyl/N-ethyl adjacent to an activating group) is 2. The summed E-state index contributed by atoms with van der Waals surface area (Å²) in [6, 6.07) is 2.47. The zero-order chi connectivity index (χ0) is 11.5. The monoisotopic (exact) mass is 225 g/mol. The van der Waals surface area contributed by atoms with E-state index in [2.05, 4.69) is 36.1 Å². The van der Waals surface area contributed by atoms with Crippen LogP contribution in [0, 0.1) is 0 Å². The van der Waals surface area contributed by atoms with Crippen LogP contribution < -0.4 is 5.32 Å². The molecule has 2 rings (SSSR count). The molecule has 2 aliphatic heterocycles. The Morgan fingerprint density at radius 1 is 1.06 bits per heavy atom. The third-order valence-corrected chi connectivity index (χ3v) is 4.21. The minimum absolute atomic E-state index is 0.817. The van der Waals surface area contributed by atoms with Crippen molar-refractivity contribution in [3.63, 3.8) is 0 Å². The van der Waals surface area contributed by atoms with Crippen LogP contribution in [0.1, 0.15) is 32.6 Å². The molecule has 0 saturated carbocycles. The highest BCUT2D eigenvalue weighted by Gasteiger charge is 2.35. The number of piperidine rings is 1. The maximum Gasteiger partial charge on any atom is 0.0125 e. The molecule has 16 heavy (non-hydrogen) atoms. The van der Waals surface area contributed by atoms with Crippen molar-refractivity contribution in [2.75, 3.05) is 33.7 Å². The lowest BCUT2D eigenvalue weighted by Gasteiger charge is -2.37. The number of nitrogens with zero attached hydrogens (tertiary/aromatic N) is 2. The van der Waals surface area contributed by atoms with E-state index in [1.807, 2.05) is 0 Å². The number of rotatable bonds is 5. The van der Waals surface area contributed by atoms with E-state index in [0.717, 1.165) is 18.1 Å². The number of nitrogens with one attached hydrogen (secondary N) is 1. The van der Waals surface area contributed by atoms with E-state index in [1.54, 1.807) is 0 Å². The van der Waals surface area contributed by atoms with Crippen LogP contribution in [0.4, 0.5) is 0 Å². The maximum absolute atomic E-state index is 3.73. The van der Waals surface area contributed by atoms with Crippen molar-refractivity contribution < 1.29 is 0 Å². The smallest absolute Gasteiger partial charge is 0.0125 e. The molecule has 2 atom stereocenters. The highest BCUT2D eigenvalue weighted by molar-refractivity contribution is 4.95. The molecule has 0 amide bonds. The summed E-state index contributed by atoms with van der Waals surface area (Å²) in [6.45, 7) is 5.93. The molecule has 2 saturated heterocycles. The summed E-state index contributed by atoms with van der Waals surface area (Å²) in [5.74, 6) is 0. The molecule has 0 aromatic heterocycles. The normalized spacial score (nSPS) is 33.9. The quantitative estimate of drug-likeness (QED) is 0.757. The van der Waals surface area contributed by atoms with Gasteiger partial charge in [0.25, 0.3) is 0 Å². The summed E-state index contributed by atoms with van der Waals surface area (Å²) in [5.41, 5.74) is 0. The van der Waals surface area contributed by atoms with Crippen molar-refractivity contribution >= 4 is 0 Å². The van der Waals surface area contributed by atoms with Gasteiger partial charge in [-0.15, -0.1) is 0 Å². The van der Waals surface area contributed by atoms with Crippen LogP contribution in [0.25, 0.3) is 0 Å². The van der Waals surface area contributed by atoms with Gasteiger partial charge in [-0.3, -0.25) is 4.90 Å². The van der Waals surface area contributed by atoms with Gasteiger partial charge >= 0.3 is 0 Å². The minimum Gasteiger partial charge on any atom is -0.311 e. The first kappa shape index (κ1) is 12.3. The van der Waals surface area contributed by atoms with Gasteiger partial charge in [-0.25, -0.2) is 0 Å². The molecule has 3 heteroatoms. The second kappa shape index (κ2) is 5.48. The second-order valence-electron chi connectivity index (χ2n) is 5.69. The molecule has 0 aliphatic carbocycles. The molecule has 3 nitrogen and oxygen atoms in total. The molecule has 0 aromatic carbocycles. The average molecular weight is 225 g/mol. The van der Waals surface area contributed by atoms with Crippen LogP contribution in [0.3, 0.4) is 0 Å². The zero-order valence-electron chi connectivity index (χ0n) is 11.1.